The summed E-state index contributed by atoms with van der Waals surface area (Å²) < 4.78 is 16.8. The lowest BCUT2D eigenvalue weighted by Gasteiger charge is -2.26. The number of nitrogens with one attached hydrogen (secondary N) is 1. The Balaban J connectivity index is 1.99. The fourth-order valence-corrected chi connectivity index (χ4v) is 2.92. The number of hydrogen-bond acceptors (Lipinski definition) is 5. The first-order valence-electron chi connectivity index (χ1n) is 10.6. The normalized spacial score (nSPS) is 14.1. The van der Waals surface area contributed by atoms with E-state index in [1.807, 2.05) is 67.6 Å². The zero-order chi connectivity index (χ0) is 22.9. The van der Waals surface area contributed by atoms with Gasteiger partial charge in [0.05, 0.1) is 6.61 Å². The highest BCUT2D eigenvalue weighted by Crippen LogP contribution is 2.19. The van der Waals surface area contributed by atoms with Crippen LogP contribution in [0.25, 0.3) is 0 Å². The third-order valence-electron chi connectivity index (χ3n) is 4.60. The Labute approximate surface area is 184 Å². The number of hydrogen-bond donors (Lipinski definition) is 1. The largest absolute Gasteiger partial charge is 0.493 e. The van der Waals surface area contributed by atoms with E-state index < -0.39 is 29.8 Å². The van der Waals surface area contributed by atoms with E-state index >= 15 is 0 Å². The lowest BCUT2D eigenvalue weighted by molar-refractivity contribution is -0.153. The number of rotatable bonds is 9. The van der Waals surface area contributed by atoms with E-state index in [0.29, 0.717) is 13.0 Å². The summed E-state index contributed by atoms with van der Waals surface area (Å²) in [4.78, 5) is 24.5. The summed E-state index contributed by atoms with van der Waals surface area (Å²) in [6.45, 7) is 9.10. The molecule has 0 saturated carbocycles. The topological polar surface area (TPSA) is 73.9 Å². The highest BCUT2D eigenvalue weighted by molar-refractivity contribution is 5.81. The summed E-state index contributed by atoms with van der Waals surface area (Å²) in [5.74, 6) is 0.176. The Morgan fingerprint density at radius 1 is 0.935 bits per heavy atom. The maximum absolute atomic E-state index is 12.6. The molecule has 1 N–H and O–H groups in total. The predicted octanol–water partition coefficient (Wildman–Crippen LogP) is 4.77. The second-order valence-corrected chi connectivity index (χ2v) is 8.58. The Kier molecular flexibility index (Phi) is 8.91. The van der Waals surface area contributed by atoms with Crippen molar-refractivity contribution in [1.82, 2.24) is 5.32 Å². The standard InChI is InChI=1S/C25H33NO5/c1-18(26-24(28)31-25(3,4)5)23(27)30-19(2)21(16-20-12-8-6-9-13-20)17-29-22-14-10-7-11-15-22/h6-15,18-19,21H,16-17H2,1-5H3,(H,26,28)/t18?,19-,21-/m0/s1. The minimum atomic E-state index is -0.829. The van der Waals surface area contributed by atoms with Crippen molar-refractivity contribution in [2.75, 3.05) is 6.61 Å². The smallest absolute Gasteiger partial charge is 0.408 e. The molecule has 0 radical (unpaired) electrons. The zero-order valence-electron chi connectivity index (χ0n) is 19.0. The molecule has 2 aromatic carbocycles. The minimum Gasteiger partial charge on any atom is -0.493 e. The maximum atomic E-state index is 12.6. The van der Waals surface area contributed by atoms with Gasteiger partial charge in [0, 0.05) is 5.92 Å². The van der Waals surface area contributed by atoms with Crippen molar-refractivity contribution in [3.05, 3.63) is 66.2 Å². The quantitative estimate of drug-likeness (QED) is 0.584. The molecule has 1 amide bonds. The van der Waals surface area contributed by atoms with Crippen molar-refractivity contribution in [3.63, 3.8) is 0 Å². The number of amides is 1. The predicted molar refractivity (Wildman–Crippen MR) is 120 cm³/mol. The van der Waals surface area contributed by atoms with Gasteiger partial charge in [-0.05, 0) is 58.7 Å². The molecule has 2 aromatic rings. The number of benzene rings is 2. The van der Waals surface area contributed by atoms with Crippen molar-refractivity contribution in [3.8, 4) is 5.75 Å². The molecule has 168 valence electrons. The summed E-state index contributed by atoms with van der Waals surface area (Å²) in [5, 5.41) is 2.52. The number of carbonyl (C=O) groups is 2. The van der Waals surface area contributed by atoms with Crippen molar-refractivity contribution < 1.29 is 23.8 Å². The summed E-state index contributed by atoms with van der Waals surface area (Å²) in [7, 11) is 0. The molecule has 1 unspecified atom stereocenters. The van der Waals surface area contributed by atoms with Gasteiger partial charge in [-0.3, -0.25) is 0 Å². The van der Waals surface area contributed by atoms with E-state index in [1.54, 1.807) is 27.7 Å². The fourth-order valence-electron chi connectivity index (χ4n) is 2.92. The van der Waals surface area contributed by atoms with E-state index in [2.05, 4.69) is 5.32 Å². The zero-order valence-corrected chi connectivity index (χ0v) is 19.0. The SMILES string of the molecule is CC(NC(=O)OC(C)(C)C)C(=O)O[C@@H](C)[C@H](COc1ccccc1)Cc1ccccc1. The first-order chi connectivity index (χ1) is 14.6. The Bertz CT molecular complexity index is 817. The van der Waals surface area contributed by atoms with Crippen LogP contribution in [0.2, 0.25) is 0 Å². The van der Waals surface area contributed by atoms with E-state index in [0.717, 1.165) is 11.3 Å². The average molecular weight is 428 g/mol. The van der Waals surface area contributed by atoms with Crippen LogP contribution in [0.15, 0.2) is 60.7 Å². The first-order valence-corrected chi connectivity index (χ1v) is 10.6. The number of ether oxygens (including phenoxy) is 3. The molecule has 0 heterocycles. The maximum Gasteiger partial charge on any atom is 0.408 e. The minimum absolute atomic E-state index is 0.0692. The van der Waals surface area contributed by atoms with E-state index in [-0.39, 0.29) is 5.92 Å². The average Bonchev–Trinajstić information content (AvgIpc) is 2.71. The molecular weight excluding hydrogens is 394 g/mol. The summed E-state index contributed by atoms with van der Waals surface area (Å²) in [6, 6.07) is 18.7. The van der Waals surface area contributed by atoms with Crippen LogP contribution in [0.5, 0.6) is 5.75 Å². The van der Waals surface area contributed by atoms with E-state index in [4.69, 9.17) is 14.2 Å². The highest BCUT2D eigenvalue weighted by Gasteiger charge is 2.27. The van der Waals surface area contributed by atoms with Crippen LogP contribution in [0.1, 0.15) is 40.2 Å². The number of carbonyl (C=O) groups excluding carboxylic acids is 2. The molecule has 6 heteroatoms. The van der Waals surface area contributed by atoms with Crippen molar-refractivity contribution in [1.29, 1.82) is 0 Å². The molecule has 0 bridgehead atoms. The molecule has 3 atom stereocenters. The first kappa shape index (κ1) is 24.3. The third kappa shape index (κ3) is 9.11. The van der Waals surface area contributed by atoms with Gasteiger partial charge in [0.2, 0.25) is 0 Å². The fraction of sp³-hybridized carbons (Fsp3) is 0.440. The molecule has 6 nitrogen and oxygen atoms in total. The van der Waals surface area contributed by atoms with Gasteiger partial charge < -0.3 is 19.5 Å². The van der Waals surface area contributed by atoms with Crippen molar-refractivity contribution >= 4 is 12.1 Å². The van der Waals surface area contributed by atoms with Gasteiger partial charge in [-0.1, -0.05) is 48.5 Å². The number of esters is 1. The molecular formula is C25H33NO5. The highest BCUT2D eigenvalue weighted by atomic mass is 16.6. The van der Waals surface area contributed by atoms with E-state index in [9.17, 15) is 9.59 Å². The van der Waals surface area contributed by atoms with Crippen LogP contribution in [0.4, 0.5) is 4.79 Å². The van der Waals surface area contributed by atoms with Crippen LogP contribution in [-0.2, 0) is 20.7 Å². The monoisotopic (exact) mass is 427 g/mol. The van der Waals surface area contributed by atoms with Crippen molar-refractivity contribution in [2.45, 2.75) is 58.8 Å². The van der Waals surface area contributed by atoms with Crippen LogP contribution < -0.4 is 10.1 Å². The lowest BCUT2D eigenvalue weighted by Crippen LogP contribution is -2.44. The Morgan fingerprint density at radius 2 is 1.52 bits per heavy atom. The van der Waals surface area contributed by atoms with Gasteiger partial charge in [0.1, 0.15) is 23.5 Å². The van der Waals surface area contributed by atoms with Gasteiger partial charge in [0.25, 0.3) is 0 Å². The molecule has 0 aliphatic heterocycles. The second kappa shape index (κ2) is 11.4. The number of alkyl carbamates (subject to hydrolysis) is 1. The molecule has 31 heavy (non-hydrogen) atoms. The Morgan fingerprint density at radius 3 is 2.10 bits per heavy atom. The molecule has 0 spiro atoms. The van der Waals surface area contributed by atoms with Crippen LogP contribution in [-0.4, -0.2) is 36.4 Å². The van der Waals surface area contributed by atoms with Crippen LogP contribution in [0.3, 0.4) is 0 Å². The molecule has 0 aliphatic rings. The molecule has 0 fully saturated rings. The van der Waals surface area contributed by atoms with Crippen molar-refractivity contribution in [2.24, 2.45) is 5.92 Å². The molecule has 0 aliphatic carbocycles. The lowest BCUT2D eigenvalue weighted by atomic mass is 9.95. The van der Waals surface area contributed by atoms with E-state index in [1.165, 1.54) is 0 Å². The van der Waals surface area contributed by atoms with Gasteiger partial charge >= 0.3 is 12.1 Å². The van der Waals surface area contributed by atoms with Gasteiger partial charge in [-0.15, -0.1) is 0 Å². The van der Waals surface area contributed by atoms with Crippen LogP contribution in [0, 0.1) is 5.92 Å². The van der Waals surface area contributed by atoms with Gasteiger partial charge in [-0.2, -0.15) is 0 Å². The molecule has 0 saturated heterocycles. The van der Waals surface area contributed by atoms with Crippen LogP contribution >= 0.6 is 0 Å². The molecule has 0 aromatic heterocycles. The third-order valence-corrected chi connectivity index (χ3v) is 4.60. The summed E-state index contributed by atoms with van der Waals surface area (Å²) in [6.07, 6.45) is -0.382. The summed E-state index contributed by atoms with van der Waals surface area (Å²) in [5.41, 5.74) is 0.489. The number of para-hydroxylation sites is 1. The second-order valence-electron chi connectivity index (χ2n) is 8.58. The Hall–Kier alpha value is -3.02. The van der Waals surface area contributed by atoms with Gasteiger partial charge in [0.15, 0.2) is 0 Å². The summed E-state index contributed by atoms with van der Waals surface area (Å²) >= 11 is 0. The van der Waals surface area contributed by atoms with Gasteiger partial charge in [-0.25, -0.2) is 9.59 Å². The molecule has 2 rings (SSSR count).